The molecule has 0 aromatic carbocycles. The van der Waals surface area contributed by atoms with E-state index in [1.165, 1.54) is 0 Å². The van der Waals surface area contributed by atoms with E-state index in [9.17, 15) is 4.79 Å². The summed E-state index contributed by atoms with van der Waals surface area (Å²) in [5.74, 6) is 1.59. The third-order valence-electron chi connectivity index (χ3n) is 4.76. The molecule has 2 atom stereocenters. The smallest absolute Gasteiger partial charge is 0.273 e. The van der Waals surface area contributed by atoms with Crippen molar-refractivity contribution in [3.63, 3.8) is 0 Å². The summed E-state index contributed by atoms with van der Waals surface area (Å²) >= 11 is 3.23. The Morgan fingerprint density at radius 3 is 2.50 bits per heavy atom. The van der Waals surface area contributed by atoms with Crippen molar-refractivity contribution < 1.29 is 4.79 Å². The van der Waals surface area contributed by atoms with Crippen molar-refractivity contribution in [1.82, 2.24) is 15.2 Å². The zero-order valence-corrected chi connectivity index (χ0v) is 16.4. The number of nitrogens with one attached hydrogen (secondary N) is 1. The van der Waals surface area contributed by atoms with Gasteiger partial charge in [0, 0.05) is 18.5 Å². The number of thiazole rings is 1. The van der Waals surface area contributed by atoms with Crippen LogP contribution in [0.1, 0.15) is 23.3 Å². The highest BCUT2D eigenvalue weighted by atomic mass is 35.5. The van der Waals surface area contributed by atoms with Gasteiger partial charge in [0.05, 0.1) is 4.88 Å². The average Bonchev–Trinajstić information content (AvgIpc) is 3.26. The molecule has 0 bridgehead atoms. The van der Waals surface area contributed by atoms with Gasteiger partial charge in [-0.05, 0) is 49.2 Å². The molecule has 2 aliphatic heterocycles. The first-order chi connectivity index (χ1) is 10.8. The quantitative estimate of drug-likeness (QED) is 0.826. The second-order valence-electron chi connectivity index (χ2n) is 6.06. The summed E-state index contributed by atoms with van der Waals surface area (Å²) in [5, 5.41) is 8.38. The Balaban J connectivity index is 0.00000104. The zero-order chi connectivity index (χ0) is 14.9. The van der Waals surface area contributed by atoms with Gasteiger partial charge in [-0.1, -0.05) is 6.07 Å². The minimum atomic E-state index is 0. The Kier molecular flexibility index (Phi) is 7.07. The normalized spacial score (nSPS) is 22.9. The van der Waals surface area contributed by atoms with Crippen LogP contribution < -0.4 is 5.32 Å². The molecule has 0 spiro atoms. The maximum atomic E-state index is 12.7. The number of fused-ring (bicyclic) bond motifs is 1. The van der Waals surface area contributed by atoms with Crippen LogP contribution >= 0.6 is 47.5 Å². The number of nitrogens with zero attached hydrogens (tertiary/aromatic N) is 2. The van der Waals surface area contributed by atoms with Crippen molar-refractivity contribution >= 4 is 53.4 Å². The van der Waals surface area contributed by atoms with Gasteiger partial charge >= 0.3 is 0 Å². The van der Waals surface area contributed by atoms with E-state index in [1.807, 2.05) is 21.7 Å². The van der Waals surface area contributed by atoms with Crippen LogP contribution in [0.25, 0.3) is 9.88 Å². The van der Waals surface area contributed by atoms with Gasteiger partial charge in [-0.2, -0.15) is 0 Å². The van der Waals surface area contributed by atoms with Gasteiger partial charge in [0.15, 0.2) is 0 Å². The molecule has 4 heterocycles. The van der Waals surface area contributed by atoms with Crippen LogP contribution in [-0.2, 0) is 0 Å². The first kappa shape index (κ1) is 19.7. The van der Waals surface area contributed by atoms with E-state index < -0.39 is 0 Å². The molecule has 0 aliphatic carbocycles. The van der Waals surface area contributed by atoms with E-state index in [4.69, 9.17) is 0 Å². The summed E-state index contributed by atoms with van der Waals surface area (Å²) in [4.78, 5) is 20.4. The first-order valence-electron chi connectivity index (χ1n) is 7.80. The number of likely N-dealkylation sites (tertiary alicyclic amines) is 1. The summed E-state index contributed by atoms with van der Waals surface area (Å²) in [7, 11) is 0. The third kappa shape index (κ3) is 3.94. The number of hydrogen-bond donors (Lipinski definition) is 1. The molecular weight excluding hydrogens is 385 g/mol. The number of amides is 1. The Hall–Kier alpha value is -0.660. The van der Waals surface area contributed by atoms with Crippen molar-refractivity contribution in [3.05, 3.63) is 28.6 Å². The lowest BCUT2D eigenvalue weighted by Gasteiger charge is -2.19. The molecule has 8 heteroatoms. The molecule has 2 aromatic rings. The maximum Gasteiger partial charge on any atom is 0.273 e. The largest absolute Gasteiger partial charge is 0.337 e. The van der Waals surface area contributed by atoms with Crippen molar-refractivity contribution in [2.24, 2.45) is 11.8 Å². The number of hydrogen-bond acceptors (Lipinski definition) is 5. The van der Waals surface area contributed by atoms with Crippen LogP contribution in [0.2, 0.25) is 0 Å². The lowest BCUT2D eigenvalue weighted by Crippen LogP contribution is -2.33. The summed E-state index contributed by atoms with van der Waals surface area (Å²) in [5.41, 5.74) is 0.610. The Labute approximate surface area is 162 Å². The molecule has 0 saturated carbocycles. The van der Waals surface area contributed by atoms with Crippen LogP contribution in [0.5, 0.6) is 0 Å². The van der Waals surface area contributed by atoms with Crippen molar-refractivity contribution in [1.29, 1.82) is 0 Å². The highest BCUT2D eigenvalue weighted by Crippen LogP contribution is 2.30. The molecule has 4 rings (SSSR count). The van der Waals surface area contributed by atoms with Crippen molar-refractivity contribution in [2.45, 2.75) is 12.8 Å². The number of rotatable bonds is 2. The third-order valence-corrected chi connectivity index (χ3v) is 6.64. The van der Waals surface area contributed by atoms with E-state index in [-0.39, 0.29) is 30.7 Å². The highest BCUT2D eigenvalue weighted by Gasteiger charge is 2.32. The van der Waals surface area contributed by atoms with Gasteiger partial charge in [-0.25, -0.2) is 4.98 Å². The summed E-state index contributed by atoms with van der Waals surface area (Å²) in [6.45, 7) is 3.97. The maximum absolute atomic E-state index is 12.7. The minimum Gasteiger partial charge on any atom is -0.337 e. The SMILES string of the molecule is Cl.Cl.O=C(c1csc(-c2cccs2)n1)N1CC[C@@H]2CNC[C@@H]2CC1. The second kappa shape index (κ2) is 8.63. The van der Waals surface area contributed by atoms with Crippen LogP contribution in [0.3, 0.4) is 0 Å². The molecule has 1 N–H and O–H groups in total. The second-order valence-corrected chi connectivity index (χ2v) is 7.87. The molecule has 1 amide bonds. The monoisotopic (exact) mass is 405 g/mol. The highest BCUT2D eigenvalue weighted by molar-refractivity contribution is 7.20. The van der Waals surface area contributed by atoms with Crippen molar-refractivity contribution in [3.8, 4) is 9.88 Å². The fraction of sp³-hybridized carbons (Fsp3) is 0.500. The predicted molar refractivity (Wildman–Crippen MR) is 105 cm³/mol. The molecule has 2 aromatic heterocycles. The molecule has 0 radical (unpaired) electrons. The number of aromatic nitrogens is 1. The average molecular weight is 406 g/mol. The number of carbonyl (C=O) groups excluding carboxylic acids is 1. The van der Waals surface area contributed by atoms with Gasteiger partial charge < -0.3 is 10.2 Å². The van der Waals surface area contributed by atoms with E-state index in [2.05, 4.69) is 16.4 Å². The van der Waals surface area contributed by atoms with Gasteiger partial charge in [0.25, 0.3) is 5.91 Å². The predicted octanol–water partition coefficient (Wildman–Crippen LogP) is 3.79. The Bertz CT molecular complexity index is 648. The number of carbonyl (C=O) groups is 1. The van der Waals surface area contributed by atoms with Gasteiger partial charge in [-0.15, -0.1) is 47.5 Å². The molecular formula is C16H21Cl2N3OS2. The van der Waals surface area contributed by atoms with Crippen LogP contribution in [0, 0.1) is 11.8 Å². The first-order valence-corrected chi connectivity index (χ1v) is 9.56. The van der Waals surface area contributed by atoms with E-state index >= 15 is 0 Å². The Morgan fingerprint density at radius 2 is 1.88 bits per heavy atom. The molecule has 0 unspecified atom stereocenters. The molecule has 2 saturated heterocycles. The zero-order valence-electron chi connectivity index (χ0n) is 13.1. The van der Waals surface area contributed by atoms with Gasteiger partial charge in [0.1, 0.15) is 10.7 Å². The topological polar surface area (TPSA) is 45.2 Å². The number of halogens is 2. The van der Waals surface area contributed by atoms with E-state index in [1.54, 1.807) is 22.7 Å². The molecule has 24 heavy (non-hydrogen) atoms. The van der Waals surface area contributed by atoms with E-state index in [0.29, 0.717) is 5.69 Å². The lowest BCUT2D eigenvalue weighted by atomic mass is 9.92. The van der Waals surface area contributed by atoms with Crippen LogP contribution in [-0.4, -0.2) is 42.0 Å². The van der Waals surface area contributed by atoms with Crippen molar-refractivity contribution in [2.75, 3.05) is 26.2 Å². The van der Waals surface area contributed by atoms with Gasteiger partial charge in [0.2, 0.25) is 0 Å². The van der Waals surface area contributed by atoms with Crippen LogP contribution in [0.15, 0.2) is 22.9 Å². The molecule has 4 nitrogen and oxygen atoms in total. The fourth-order valence-corrected chi connectivity index (χ4v) is 5.08. The summed E-state index contributed by atoms with van der Waals surface area (Å²) < 4.78 is 0. The standard InChI is InChI=1S/C16H19N3OS2.2ClH/c20-16(13-10-22-15(18-13)14-2-1-7-21-14)19-5-3-11-8-17-9-12(11)4-6-19;;/h1-2,7,10-12,17H,3-6,8-9H2;2*1H/t11-,12+;;. The van der Waals surface area contributed by atoms with E-state index in [0.717, 1.165) is 60.7 Å². The minimum absolute atomic E-state index is 0. The molecule has 132 valence electrons. The molecule has 2 aliphatic rings. The number of thiophene rings is 1. The fourth-order valence-electron chi connectivity index (χ4n) is 3.47. The molecule has 2 fully saturated rings. The van der Waals surface area contributed by atoms with Gasteiger partial charge in [-0.3, -0.25) is 4.79 Å². The lowest BCUT2D eigenvalue weighted by molar-refractivity contribution is 0.0753. The summed E-state index contributed by atoms with van der Waals surface area (Å²) in [6, 6.07) is 4.07. The summed E-state index contributed by atoms with van der Waals surface area (Å²) in [6.07, 6.45) is 2.23. The van der Waals surface area contributed by atoms with Crippen LogP contribution in [0.4, 0.5) is 0 Å². The Morgan fingerprint density at radius 1 is 1.17 bits per heavy atom.